The second-order valence-corrected chi connectivity index (χ2v) is 6.91. The van der Waals surface area contributed by atoms with Crippen LogP contribution in [-0.2, 0) is 9.53 Å². The molecule has 0 unspecified atom stereocenters. The van der Waals surface area contributed by atoms with Gasteiger partial charge in [0, 0.05) is 10.0 Å². The van der Waals surface area contributed by atoms with Crippen molar-refractivity contribution in [3.05, 3.63) is 33.8 Å². The summed E-state index contributed by atoms with van der Waals surface area (Å²) in [6.07, 6.45) is -0.281. The van der Waals surface area contributed by atoms with E-state index in [0.717, 1.165) is 23.6 Å². The number of nitrogens with zero attached hydrogens (tertiary/aromatic N) is 1. The van der Waals surface area contributed by atoms with E-state index in [1.165, 1.54) is 0 Å². The number of rotatable bonds is 5. The predicted octanol–water partition coefficient (Wildman–Crippen LogP) is 1.53. The van der Waals surface area contributed by atoms with Crippen molar-refractivity contribution in [2.24, 2.45) is 0 Å². The van der Waals surface area contributed by atoms with Gasteiger partial charge >= 0.3 is 6.09 Å². The molecule has 0 bridgehead atoms. The second-order valence-electron chi connectivity index (χ2n) is 6.07. The van der Waals surface area contributed by atoms with Crippen LogP contribution < -0.4 is 10.2 Å². The maximum atomic E-state index is 12.3. The molecule has 8 heteroatoms. The van der Waals surface area contributed by atoms with Crippen LogP contribution in [0.3, 0.4) is 0 Å². The van der Waals surface area contributed by atoms with E-state index in [9.17, 15) is 9.59 Å². The molecule has 1 saturated heterocycles. The molecule has 1 heterocycles. The highest BCUT2D eigenvalue weighted by molar-refractivity contribution is 6.35. The number of carbonyl (C=O) groups is 2. The summed E-state index contributed by atoms with van der Waals surface area (Å²) in [7, 11) is 0. The summed E-state index contributed by atoms with van der Waals surface area (Å²) in [6.45, 7) is 7.06. The van der Waals surface area contributed by atoms with Crippen molar-refractivity contribution in [2.75, 3.05) is 39.3 Å². The molecular formula is C17H24Cl2N3O3+. The van der Waals surface area contributed by atoms with Gasteiger partial charge in [-0.2, -0.15) is 0 Å². The molecule has 2 N–H and O–H groups in total. The van der Waals surface area contributed by atoms with E-state index in [-0.39, 0.29) is 18.0 Å². The van der Waals surface area contributed by atoms with Gasteiger partial charge in [-0.05, 0) is 31.5 Å². The fourth-order valence-corrected chi connectivity index (χ4v) is 3.42. The average Bonchev–Trinajstić information content (AvgIpc) is 2.55. The fourth-order valence-electron chi connectivity index (χ4n) is 2.85. The van der Waals surface area contributed by atoms with Crippen LogP contribution in [0, 0.1) is 0 Å². The minimum Gasteiger partial charge on any atom is -0.450 e. The summed E-state index contributed by atoms with van der Waals surface area (Å²) in [5, 5.41) is 4.07. The number of halogens is 2. The van der Waals surface area contributed by atoms with E-state index < -0.39 is 0 Å². The standard InChI is InChI=1S/C17H23Cl2N3O3/c1-3-25-17(24)22-8-6-21(7-9-22)11-16(23)20-12(2)14-5-4-13(18)10-15(14)19/h4-5,10,12H,3,6-9,11H2,1-2H3,(H,20,23)/p+1/t12-/m0/s1. The fraction of sp³-hybridized carbons (Fsp3) is 0.529. The van der Waals surface area contributed by atoms with Crippen molar-refractivity contribution in [1.29, 1.82) is 0 Å². The average molecular weight is 389 g/mol. The molecule has 0 aromatic heterocycles. The topological polar surface area (TPSA) is 63.1 Å². The van der Waals surface area contributed by atoms with E-state index in [1.54, 1.807) is 24.0 Å². The van der Waals surface area contributed by atoms with E-state index in [0.29, 0.717) is 36.3 Å². The third kappa shape index (κ3) is 5.76. The number of benzene rings is 1. The molecule has 0 saturated carbocycles. The summed E-state index contributed by atoms with van der Waals surface area (Å²) in [5.41, 5.74) is 0.835. The smallest absolute Gasteiger partial charge is 0.410 e. The van der Waals surface area contributed by atoms with Crippen molar-refractivity contribution in [3.8, 4) is 0 Å². The van der Waals surface area contributed by atoms with Crippen LogP contribution >= 0.6 is 23.2 Å². The van der Waals surface area contributed by atoms with Gasteiger partial charge in [0.05, 0.1) is 38.8 Å². The van der Waals surface area contributed by atoms with Crippen molar-refractivity contribution in [3.63, 3.8) is 0 Å². The monoisotopic (exact) mass is 388 g/mol. The summed E-state index contributed by atoms with van der Waals surface area (Å²) in [5.74, 6) is -0.0434. The molecule has 1 fully saturated rings. The van der Waals surface area contributed by atoms with Crippen LogP contribution in [0.1, 0.15) is 25.5 Å². The lowest BCUT2D eigenvalue weighted by molar-refractivity contribution is -0.896. The molecule has 6 nitrogen and oxygen atoms in total. The maximum absolute atomic E-state index is 12.3. The Morgan fingerprint density at radius 1 is 1.32 bits per heavy atom. The molecule has 0 radical (unpaired) electrons. The third-order valence-corrected chi connectivity index (χ3v) is 4.78. The number of carbonyl (C=O) groups excluding carboxylic acids is 2. The largest absolute Gasteiger partial charge is 0.450 e. The molecule has 138 valence electrons. The Morgan fingerprint density at radius 3 is 2.60 bits per heavy atom. The molecule has 1 aromatic carbocycles. The quantitative estimate of drug-likeness (QED) is 0.803. The summed E-state index contributed by atoms with van der Waals surface area (Å²) in [4.78, 5) is 26.8. The van der Waals surface area contributed by atoms with E-state index in [4.69, 9.17) is 27.9 Å². The number of ether oxygens (including phenoxy) is 1. The normalized spacial score (nSPS) is 16.4. The Morgan fingerprint density at radius 2 is 2.00 bits per heavy atom. The van der Waals surface area contributed by atoms with Gasteiger partial charge < -0.3 is 15.0 Å². The van der Waals surface area contributed by atoms with Gasteiger partial charge in [0.25, 0.3) is 5.91 Å². The third-order valence-electron chi connectivity index (χ3n) is 4.21. The van der Waals surface area contributed by atoms with Gasteiger partial charge in [0.2, 0.25) is 0 Å². The molecule has 1 atom stereocenters. The summed E-state index contributed by atoms with van der Waals surface area (Å²) >= 11 is 12.1. The van der Waals surface area contributed by atoms with Crippen LogP contribution in [0.15, 0.2) is 18.2 Å². The van der Waals surface area contributed by atoms with Crippen LogP contribution in [0.4, 0.5) is 4.79 Å². The number of piperazine rings is 1. The number of nitrogens with one attached hydrogen (secondary N) is 2. The van der Waals surface area contributed by atoms with Crippen LogP contribution in [0.2, 0.25) is 10.0 Å². The minimum atomic E-state index is -0.281. The van der Waals surface area contributed by atoms with Crippen LogP contribution in [0.5, 0.6) is 0 Å². The number of hydrogen-bond donors (Lipinski definition) is 2. The molecule has 0 aliphatic carbocycles. The summed E-state index contributed by atoms with van der Waals surface area (Å²) < 4.78 is 5.00. The van der Waals surface area contributed by atoms with Crippen molar-refractivity contribution >= 4 is 35.2 Å². The molecule has 1 aliphatic rings. The number of hydrogen-bond acceptors (Lipinski definition) is 3. The Labute approximate surface area is 158 Å². The molecule has 25 heavy (non-hydrogen) atoms. The molecule has 2 rings (SSSR count). The Hall–Kier alpha value is -1.50. The maximum Gasteiger partial charge on any atom is 0.410 e. The number of quaternary nitrogens is 1. The zero-order valence-electron chi connectivity index (χ0n) is 14.5. The first kappa shape index (κ1) is 19.8. The highest BCUT2D eigenvalue weighted by Crippen LogP contribution is 2.25. The van der Waals surface area contributed by atoms with Gasteiger partial charge in [-0.15, -0.1) is 0 Å². The van der Waals surface area contributed by atoms with Gasteiger partial charge in [-0.25, -0.2) is 4.79 Å². The van der Waals surface area contributed by atoms with Crippen LogP contribution in [-0.4, -0.2) is 56.2 Å². The lowest BCUT2D eigenvalue weighted by atomic mass is 10.1. The molecular weight excluding hydrogens is 365 g/mol. The van der Waals surface area contributed by atoms with Crippen molar-refractivity contribution in [1.82, 2.24) is 10.2 Å². The van der Waals surface area contributed by atoms with Crippen LogP contribution in [0.25, 0.3) is 0 Å². The van der Waals surface area contributed by atoms with E-state index in [1.807, 2.05) is 13.0 Å². The lowest BCUT2D eigenvalue weighted by Gasteiger charge is -2.31. The highest BCUT2D eigenvalue weighted by Gasteiger charge is 2.26. The van der Waals surface area contributed by atoms with Crippen molar-refractivity contribution < 1.29 is 19.2 Å². The Kier molecular flexibility index (Phi) is 7.35. The van der Waals surface area contributed by atoms with Gasteiger partial charge in [-0.3, -0.25) is 9.69 Å². The van der Waals surface area contributed by atoms with Gasteiger partial charge in [0.1, 0.15) is 0 Å². The molecule has 1 aromatic rings. The Bertz CT molecular complexity index is 619. The van der Waals surface area contributed by atoms with Gasteiger partial charge in [-0.1, -0.05) is 29.3 Å². The van der Waals surface area contributed by atoms with E-state index >= 15 is 0 Å². The first-order chi connectivity index (χ1) is 11.9. The number of amides is 2. The second kappa shape index (κ2) is 9.27. The Balaban J connectivity index is 1.80. The zero-order valence-corrected chi connectivity index (χ0v) is 16.0. The van der Waals surface area contributed by atoms with Gasteiger partial charge in [0.15, 0.2) is 6.54 Å². The summed E-state index contributed by atoms with van der Waals surface area (Å²) in [6, 6.07) is 5.05. The van der Waals surface area contributed by atoms with Crippen molar-refractivity contribution in [2.45, 2.75) is 19.9 Å². The predicted molar refractivity (Wildman–Crippen MR) is 97.2 cm³/mol. The van der Waals surface area contributed by atoms with E-state index in [2.05, 4.69) is 5.32 Å². The lowest BCUT2D eigenvalue weighted by Crippen LogP contribution is -3.15. The highest BCUT2D eigenvalue weighted by atomic mass is 35.5. The molecule has 2 amide bonds. The molecule has 0 spiro atoms. The molecule has 1 aliphatic heterocycles. The first-order valence-corrected chi connectivity index (χ1v) is 9.16. The first-order valence-electron chi connectivity index (χ1n) is 8.40. The minimum absolute atomic E-state index is 0.0434. The SMILES string of the molecule is CCOC(=O)N1CC[NH+](CC(=O)N[C@@H](C)c2ccc(Cl)cc2Cl)CC1. The zero-order chi connectivity index (χ0) is 18.4.